The molecule has 1 saturated carbocycles. The van der Waals surface area contributed by atoms with Gasteiger partial charge in [-0.1, -0.05) is 12.1 Å². The Morgan fingerprint density at radius 3 is 2.80 bits per heavy atom. The number of rotatable bonds is 4. The zero-order chi connectivity index (χ0) is 20.6. The fourth-order valence-corrected chi connectivity index (χ4v) is 4.44. The summed E-state index contributed by atoms with van der Waals surface area (Å²) in [6.07, 6.45) is 2.71. The number of imidazole rings is 1. The number of aryl methyl sites for hydroxylation is 1. The van der Waals surface area contributed by atoms with Crippen molar-refractivity contribution in [2.24, 2.45) is 5.92 Å². The van der Waals surface area contributed by atoms with Gasteiger partial charge in [-0.25, -0.2) is 14.8 Å². The van der Waals surface area contributed by atoms with Crippen LogP contribution in [-0.4, -0.2) is 43.8 Å². The summed E-state index contributed by atoms with van der Waals surface area (Å²) in [5.74, 6) is 0.239. The van der Waals surface area contributed by atoms with Crippen LogP contribution in [0.25, 0.3) is 33.6 Å². The largest absolute Gasteiger partial charge is 0.478 e. The standard InChI is InChI=1S/C22H17BN4O3/c23-18-4-3-12-9-16(27(20(12)25-18)10-11-1-2-11)21-24-15-8-13(22(29)30)7-14-17(28)5-6-26(21)19(14)15/h3-4,7-9,11H,1-2,5-6,10H2,(H,29,30). The molecule has 6 rings (SSSR count). The highest BCUT2D eigenvalue weighted by molar-refractivity contribution is 6.31. The number of aromatic carboxylic acids is 1. The molecule has 146 valence electrons. The first kappa shape index (κ1) is 17.4. The number of carbonyl (C=O) groups excluding carboxylic acids is 1. The molecule has 0 unspecified atom stereocenters. The summed E-state index contributed by atoms with van der Waals surface area (Å²) in [6.45, 7) is 1.36. The van der Waals surface area contributed by atoms with E-state index in [0.717, 1.165) is 29.1 Å². The molecule has 1 fully saturated rings. The van der Waals surface area contributed by atoms with Crippen molar-refractivity contribution in [3.63, 3.8) is 0 Å². The summed E-state index contributed by atoms with van der Waals surface area (Å²) in [6, 6.07) is 8.82. The third-order valence-corrected chi connectivity index (χ3v) is 6.08. The van der Waals surface area contributed by atoms with Crippen molar-refractivity contribution < 1.29 is 14.7 Å². The minimum atomic E-state index is -1.06. The SMILES string of the molecule is [B]c1ccc2cc(-c3nc4cc(C(=O)O)cc5c4n3CCC5=O)n(CC3CC3)c2n1. The molecule has 4 aromatic rings. The number of carbonyl (C=O) groups is 2. The number of benzene rings is 1. The van der Waals surface area contributed by atoms with Gasteiger partial charge in [0.1, 0.15) is 13.5 Å². The van der Waals surface area contributed by atoms with Crippen LogP contribution in [0.2, 0.25) is 0 Å². The highest BCUT2D eigenvalue weighted by Crippen LogP contribution is 2.37. The number of carboxylic acid groups (broad SMARTS) is 1. The molecular weight excluding hydrogens is 379 g/mol. The molecular formula is C22H17BN4O3. The molecule has 0 atom stereocenters. The van der Waals surface area contributed by atoms with Crippen molar-refractivity contribution >= 4 is 47.3 Å². The zero-order valence-electron chi connectivity index (χ0n) is 16.1. The number of aromatic nitrogens is 4. The molecule has 30 heavy (non-hydrogen) atoms. The van der Waals surface area contributed by atoms with Gasteiger partial charge in [0.15, 0.2) is 11.6 Å². The summed E-state index contributed by atoms with van der Waals surface area (Å²) >= 11 is 0. The Balaban J connectivity index is 1.65. The maximum atomic E-state index is 12.5. The van der Waals surface area contributed by atoms with E-state index >= 15 is 0 Å². The summed E-state index contributed by atoms with van der Waals surface area (Å²) < 4.78 is 4.21. The van der Waals surface area contributed by atoms with Crippen molar-refractivity contribution in [1.29, 1.82) is 0 Å². The van der Waals surface area contributed by atoms with Gasteiger partial charge in [0.05, 0.1) is 22.3 Å². The lowest BCUT2D eigenvalue weighted by Gasteiger charge is -2.17. The summed E-state index contributed by atoms with van der Waals surface area (Å²) in [5.41, 5.74) is 3.97. The average Bonchev–Trinajstić information content (AvgIpc) is 3.37. The first-order valence-corrected chi connectivity index (χ1v) is 10.1. The van der Waals surface area contributed by atoms with Crippen LogP contribution in [0.1, 0.15) is 40.0 Å². The smallest absolute Gasteiger partial charge is 0.335 e. The first-order chi connectivity index (χ1) is 14.5. The van der Waals surface area contributed by atoms with Gasteiger partial charge in [0, 0.05) is 30.5 Å². The van der Waals surface area contributed by atoms with Gasteiger partial charge in [-0.2, -0.15) is 0 Å². The second-order valence-corrected chi connectivity index (χ2v) is 8.19. The number of nitrogens with zero attached hydrogens (tertiary/aromatic N) is 4. The molecule has 3 aromatic heterocycles. The fourth-order valence-electron chi connectivity index (χ4n) is 4.44. The predicted molar refractivity (Wildman–Crippen MR) is 112 cm³/mol. The quantitative estimate of drug-likeness (QED) is 0.536. The first-order valence-electron chi connectivity index (χ1n) is 10.1. The molecule has 7 nitrogen and oxygen atoms in total. The normalized spacial score (nSPS) is 15.9. The van der Waals surface area contributed by atoms with Crippen molar-refractivity contribution in [3.8, 4) is 11.5 Å². The number of carboxylic acids is 1. The molecule has 1 aliphatic heterocycles. The van der Waals surface area contributed by atoms with Crippen molar-refractivity contribution in [2.75, 3.05) is 0 Å². The summed E-state index contributed by atoms with van der Waals surface area (Å²) in [7, 11) is 5.96. The van der Waals surface area contributed by atoms with E-state index in [2.05, 4.69) is 15.6 Å². The third kappa shape index (κ3) is 2.53. The Morgan fingerprint density at radius 1 is 1.20 bits per heavy atom. The van der Waals surface area contributed by atoms with Crippen molar-refractivity contribution in [1.82, 2.24) is 19.1 Å². The number of hydrogen-bond acceptors (Lipinski definition) is 4. The molecule has 0 spiro atoms. The highest BCUT2D eigenvalue weighted by atomic mass is 16.4. The molecule has 8 heteroatoms. The van der Waals surface area contributed by atoms with Gasteiger partial charge in [-0.15, -0.1) is 0 Å². The molecule has 4 heterocycles. The second kappa shape index (κ2) is 6.04. The van der Waals surface area contributed by atoms with E-state index in [9.17, 15) is 14.7 Å². The van der Waals surface area contributed by atoms with Gasteiger partial charge in [0.25, 0.3) is 0 Å². The van der Waals surface area contributed by atoms with Crippen LogP contribution in [-0.2, 0) is 13.1 Å². The van der Waals surface area contributed by atoms with Crippen LogP contribution in [0, 0.1) is 5.92 Å². The van der Waals surface area contributed by atoms with Crippen LogP contribution < -0.4 is 5.59 Å². The number of Topliss-reactive ketones (excluding diaryl/α,β-unsaturated/α-hetero) is 1. The molecule has 0 bridgehead atoms. The number of hydrogen-bond donors (Lipinski definition) is 1. The van der Waals surface area contributed by atoms with Gasteiger partial charge < -0.3 is 14.2 Å². The molecule has 1 N–H and O–H groups in total. The molecule has 1 aromatic carbocycles. The summed E-state index contributed by atoms with van der Waals surface area (Å²) in [4.78, 5) is 33.5. The van der Waals surface area contributed by atoms with Crippen LogP contribution in [0.5, 0.6) is 0 Å². The van der Waals surface area contributed by atoms with E-state index in [1.807, 2.05) is 10.6 Å². The molecule has 0 amide bonds. The number of fused-ring (bicyclic) bond motifs is 1. The van der Waals surface area contributed by atoms with Crippen molar-refractivity contribution in [2.45, 2.75) is 32.4 Å². The van der Waals surface area contributed by atoms with Gasteiger partial charge >= 0.3 is 5.97 Å². The minimum Gasteiger partial charge on any atom is -0.478 e. The molecule has 2 aliphatic rings. The predicted octanol–water partition coefficient (Wildman–Crippen LogP) is 2.54. The van der Waals surface area contributed by atoms with Crippen molar-refractivity contribution in [3.05, 3.63) is 41.5 Å². The van der Waals surface area contributed by atoms with E-state index in [4.69, 9.17) is 12.8 Å². The van der Waals surface area contributed by atoms with Crippen LogP contribution in [0.3, 0.4) is 0 Å². The Bertz CT molecular complexity index is 1400. The van der Waals surface area contributed by atoms with Crippen LogP contribution >= 0.6 is 0 Å². The fraction of sp³-hybridized carbons (Fsp3) is 0.273. The Kier molecular flexibility index (Phi) is 3.51. The van der Waals surface area contributed by atoms with Gasteiger partial charge in [-0.3, -0.25) is 4.79 Å². The lowest BCUT2D eigenvalue weighted by atomic mass is 10.00. The lowest BCUT2D eigenvalue weighted by Crippen LogP contribution is -2.16. The topological polar surface area (TPSA) is 90.0 Å². The summed E-state index contributed by atoms with van der Waals surface area (Å²) in [5, 5.41) is 10.4. The Morgan fingerprint density at radius 2 is 2.03 bits per heavy atom. The molecule has 2 radical (unpaired) electrons. The average molecular weight is 396 g/mol. The zero-order valence-corrected chi connectivity index (χ0v) is 16.1. The third-order valence-electron chi connectivity index (χ3n) is 6.08. The monoisotopic (exact) mass is 396 g/mol. The Hall–Kier alpha value is -3.42. The van der Waals surface area contributed by atoms with E-state index in [1.165, 1.54) is 18.9 Å². The number of pyridine rings is 1. The maximum Gasteiger partial charge on any atom is 0.335 e. The van der Waals surface area contributed by atoms with E-state index in [0.29, 0.717) is 41.1 Å². The van der Waals surface area contributed by atoms with E-state index < -0.39 is 5.97 Å². The van der Waals surface area contributed by atoms with Gasteiger partial charge in [-0.05, 0) is 42.6 Å². The van der Waals surface area contributed by atoms with Crippen LogP contribution in [0.4, 0.5) is 0 Å². The van der Waals surface area contributed by atoms with E-state index in [1.54, 1.807) is 12.1 Å². The maximum absolute atomic E-state index is 12.5. The minimum absolute atomic E-state index is 0.0463. The molecule has 0 saturated heterocycles. The highest BCUT2D eigenvalue weighted by Gasteiger charge is 2.29. The number of ketones is 1. The second-order valence-electron chi connectivity index (χ2n) is 8.19. The van der Waals surface area contributed by atoms with Crippen LogP contribution in [0.15, 0.2) is 30.3 Å². The van der Waals surface area contributed by atoms with E-state index in [-0.39, 0.29) is 11.3 Å². The van der Waals surface area contributed by atoms with Gasteiger partial charge in [0.2, 0.25) is 0 Å². The Labute approximate surface area is 172 Å². The molecule has 1 aliphatic carbocycles. The lowest BCUT2D eigenvalue weighted by molar-refractivity contribution is 0.0697.